The summed E-state index contributed by atoms with van der Waals surface area (Å²) in [6.45, 7) is 6.44. The van der Waals surface area contributed by atoms with Crippen molar-refractivity contribution in [2.24, 2.45) is 0 Å². The summed E-state index contributed by atoms with van der Waals surface area (Å²) in [5.74, 6) is 1.13. The largest absolute Gasteiger partial charge is 0.359 e. The van der Waals surface area contributed by atoms with Crippen LogP contribution in [0.5, 0.6) is 0 Å². The van der Waals surface area contributed by atoms with E-state index in [9.17, 15) is 4.79 Å². The van der Waals surface area contributed by atoms with Crippen molar-refractivity contribution in [3.05, 3.63) is 66.5 Å². The summed E-state index contributed by atoms with van der Waals surface area (Å²) < 4.78 is 1.98. The maximum Gasteiger partial charge on any atom is 0.192 e. The SMILES string of the molecule is C=CCn1c(SCC(=O)c2ccc[nH]2)nnc1-c1cccc(C)c1. The van der Waals surface area contributed by atoms with Gasteiger partial charge in [-0.05, 0) is 25.1 Å². The van der Waals surface area contributed by atoms with Crippen LogP contribution in [-0.4, -0.2) is 31.3 Å². The van der Waals surface area contributed by atoms with Crippen molar-refractivity contribution in [1.29, 1.82) is 0 Å². The number of benzene rings is 1. The standard InChI is InChI=1S/C18H18N4OS/c1-3-10-22-17(14-7-4-6-13(2)11-14)20-21-18(22)24-12-16(23)15-8-5-9-19-15/h3-9,11,19H,1,10,12H2,2H3. The minimum Gasteiger partial charge on any atom is -0.359 e. The average molecular weight is 338 g/mol. The molecular weight excluding hydrogens is 320 g/mol. The van der Waals surface area contributed by atoms with Gasteiger partial charge in [-0.1, -0.05) is 41.6 Å². The number of H-pyrrole nitrogens is 1. The van der Waals surface area contributed by atoms with Crippen molar-refractivity contribution in [3.8, 4) is 11.4 Å². The summed E-state index contributed by atoms with van der Waals surface area (Å²) in [4.78, 5) is 15.1. The molecule has 6 heteroatoms. The number of ketones is 1. The number of aromatic amines is 1. The van der Waals surface area contributed by atoms with E-state index in [2.05, 4.69) is 27.8 Å². The maximum absolute atomic E-state index is 12.1. The third kappa shape index (κ3) is 3.49. The summed E-state index contributed by atoms with van der Waals surface area (Å²) in [5.41, 5.74) is 2.78. The van der Waals surface area contributed by atoms with Crippen LogP contribution < -0.4 is 0 Å². The van der Waals surface area contributed by atoms with Gasteiger partial charge in [-0.25, -0.2) is 0 Å². The monoisotopic (exact) mass is 338 g/mol. The first-order chi connectivity index (χ1) is 11.7. The Kier molecular flexibility index (Phi) is 4.96. The maximum atomic E-state index is 12.1. The van der Waals surface area contributed by atoms with E-state index >= 15 is 0 Å². The zero-order valence-electron chi connectivity index (χ0n) is 13.4. The van der Waals surface area contributed by atoms with Crippen LogP contribution in [0.25, 0.3) is 11.4 Å². The van der Waals surface area contributed by atoms with Crippen LogP contribution in [-0.2, 0) is 6.54 Å². The third-order valence-corrected chi connectivity index (χ3v) is 4.50. The molecule has 0 saturated heterocycles. The highest BCUT2D eigenvalue weighted by Gasteiger charge is 2.15. The Morgan fingerprint density at radius 3 is 2.92 bits per heavy atom. The molecule has 2 aromatic heterocycles. The second-order valence-corrected chi connectivity index (χ2v) is 6.31. The van der Waals surface area contributed by atoms with Crippen molar-refractivity contribution < 1.29 is 4.79 Å². The van der Waals surface area contributed by atoms with Gasteiger partial charge in [0.05, 0.1) is 11.4 Å². The minimum atomic E-state index is 0.0373. The quantitative estimate of drug-likeness (QED) is 0.405. The van der Waals surface area contributed by atoms with Gasteiger partial charge in [-0.2, -0.15) is 0 Å². The third-order valence-electron chi connectivity index (χ3n) is 3.54. The number of rotatable bonds is 7. The molecule has 0 fully saturated rings. The number of nitrogens with zero attached hydrogens (tertiary/aromatic N) is 3. The lowest BCUT2D eigenvalue weighted by atomic mass is 10.1. The Bertz CT molecular complexity index is 852. The molecule has 24 heavy (non-hydrogen) atoms. The fourth-order valence-electron chi connectivity index (χ4n) is 2.40. The highest BCUT2D eigenvalue weighted by molar-refractivity contribution is 7.99. The molecule has 0 aliphatic carbocycles. The van der Waals surface area contributed by atoms with E-state index in [1.165, 1.54) is 11.8 Å². The first-order valence-electron chi connectivity index (χ1n) is 7.59. The van der Waals surface area contributed by atoms with E-state index in [0.717, 1.165) is 17.0 Å². The van der Waals surface area contributed by atoms with Gasteiger partial charge in [0.2, 0.25) is 0 Å². The van der Waals surface area contributed by atoms with Crippen LogP contribution in [0.15, 0.2) is 60.4 Å². The highest BCUT2D eigenvalue weighted by atomic mass is 32.2. The Hall–Kier alpha value is -2.60. The van der Waals surface area contributed by atoms with Crippen molar-refractivity contribution in [3.63, 3.8) is 0 Å². The van der Waals surface area contributed by atoms with Gasteiger partial charge in [0.1, 0.15) is 0 Å². The summed E-state index contributed by atoms with van der Waals surface area (Å²) in [6, 6.07) is 11.7. The minimum absolute atomic E-state index is 0.0373. The van der Waals surface area contributed by atoms with Gasteiger partial charge in [0.25, 0.3) is 0 Å². The van der Waals surface area contributed by atoms with Gasteiger partial charge >= 0.3 is 0 Å². The first-order valence-corrected chi connectivity index (χ1v) is 8.58. The van der Waals surface area contributed by atoms with Crippen LogP contribution in [0.1, 0.15) is 16.1 Å². The van der Waals surface area contributed by atoms with E-state index in [0.29, 0.717) is 23.1 Å². The second-order valence-electron chi connectivity index (χ2n) is 5.37. The predicted octanol–water partition coefficient (Wildman–Crippen LogP) is 3.74. The van der Waals surface area contributed by atoms with Gasteiger partial charge in [-0.3, -0.25) is 9.36 Å². The summed E-state index contributed by atoms with van der Waals surface area (Å²) in [5, 5.41) is 9.29. The van der Waals surface area contributed by atoms with Crippen molar-refractivity contribution >= 4 is 17.5 Å². The van der Waals surface area contributed by atoms with Crippen molar-refractivity contribution in [2.75, 3.05) is 5.75 Å². The van der Waals surface area contributed by atoms with Crippen LogP contribution >= 0.6 is 11.8 Å². The van der Waals surface area contributed by atoms with Crippen LogP contribution in [0.2, 0.25) is 0 Å². The number of hydrogen-bond donors (Lipinski definition) is 1. The van der Waals surface area contributed by atoms with Crippen molar-refractivity contribution in [2.45, 2.75) is 18.6 Å². The van der Waals surface area contributed by atoms with Gasteiger partial charge in [0.15, 0.2) is 16.8 Å². The Morgan fingerprint density at radius 1 is 1.33 bits per heavy atom. The van der Waals surface area contributed by atoms with Crippen molar-refractivity contribution in [1.82, 2.24) is 19.7 Å². The Morgan fingerprint density at radius 2 is 2.21 bits per heavy atom. The molecule has 122 valence electrons. The number of aromatic nitrogens is 4. The molecule has 0 radical (unpaired) electrons. The predicted molar refractivity (Wildman–Crippen MR) is 96.2 cm³/mol. The number of nitrogens with one attached hydrogen (secondary N) is 1. The van der Waals surface area contributed by atoms with Crippen LogP contribution in [0.3, 0.4) is 0 Å². The zero-order chi connectivity index (χ0) is 16.9. The molecule has 0 aliphatic heterocycles. The number of allylic oxidation sites excluding steroid dienone is 1. The molecule has 0 atom stereocenters. The Labute approximate surface area is 144 Å². The lowest BCUT2D eigenvalue weighted by Crippen LogP contribution is -2.05. The van der Waals surface area contributed by atoms with E-state index < -0.39 is 0 Å². The highest BCUT2D eigenvalue weighted by Crippen LogP contribution is 2.25. The fourth-order valence-corrected chi connectivity index (χ4v) is 3.23. The number of carbonyl (C=O) groups is 1. The molecule has 0 aliphatic rings. The summed E-state index contributed by atoms with van der Waals surface area (Å²) >= 11 is 1.39. The molecule has 3 aromatic rings. The van der Waals surface area contributed by atoms with E-state index in [4.69, 9.17) is 0 Å². The van der Waals surface area contributed by atoms with E-state index in [-0.39, 0.29) is 5.78 Å². The molecular formula is C18H18N4OS. The first kappa shape index (κ1) is 16.3. The van der Waals surface area contributed by atoms with Gasteiger partial charge < -0.3 is 4.98 Å². The smallest absolute Gasteiger partial charge is 0.192 e. The van der Waals surface area contributed by atoms with E-state index in [1.54, 1.807) is 18.3 Å². The van der Waals surface area contributed by atoms with Crippen LogP contribution in [0.4, 0.5) is 0 Å². The van der Waals surface area contributed by atoms with Crippen LogP contribution in [0, 0.1) is 6.92 Å². The molecule has 3 rings (SSSR count). The molecule has 0 saturated carbocycles. The normalized spacial score (nSPS) is 10.7. The zero-order valence-corrected chi connectivity index (χ0v) is 14.2. The molecule has 0 bridgehead atoms. The Balaban J connectivity index is 1.83. The fraction of sp³-hybridized carbons (Fsp3) is 0.167. The van der Waals surface area contributed by atoms with Gasteiger partial charge in [0, 0.05) is 18.3 Å². The van der Waals surface area contributed by atoms with E-state index in [1.807, 2.05) is 35.8 Å². The van der Waals surface area contributed by atoms with Gasteiger partial charge in [-0.15, -0.1) is 16.8 Å². The number of aryl methyl sites for hydroxylation is 1. The molecule has 1 aromatic carbocycles. The molecule has 0 unspecified atom stereocenters. The topological polar surface area (TPSA) is 63.6 Å². The lowest BCUT2D eigenvalue weighted by molar-refractivity contribution is 0.101. The summed E-state index contributed by atoms with van der Waals surface area (Å²) in [6.07, 6.45) is 3.55. The lowest BCUT2D eigenvalue weighted by Gasteiger charge is -2.08. The number of Topliss-reactive ketones (excluding diaryl/α,β-unsaturated/α-hetero) is 1. The molecule has 5 nitrogen and oxygen atoms in total. The molecule has 0 amide bonds. The number of thioether (sulfide) groups is 1. The molecule has 0 spiro atoms. The average Bonchev–Trinajstić information content (AvgIpc) is 3.23. The second kappa shape index (κ2) is 7.31. The molecule has 2 heterocycles. The number of hydrogen-bond acceptors (Lipinski definition) is 4. The molecule has 1 N–H and O–H groups in total. The summed E-state index contributed by atoms with van der Waals surface area (Å²) in [7, 11) is 0. The number of carbonyl (C=O) groups excluding carboxylic acids is 1.